The fraction of sp³-hybridized carbons (Fsp3) is 0.500. The summed E-state index contributed by atoms with van der Waals surface area (Å²) in [5, 5.41) is 14.6. The van der Waals surface area contributed by atoms with Crippen molar-refractivity contribution in [2.45, 2.75) is 39.0 Å². The van der Waals surface area contributed by atoms with Crippen molar-refractivity contribution in [3.63, 3.8) is 0 Å². The van der Waals surface area contributed by atoms with Gasteiger partial charge in [-0.15, -0.1) is 0 Å². The smallest absolute Gasteiger partial charge is 0.251 e. The first-order chi connectivity index (χ1) is 10.1. The van der Waals surface area contributed by atoms with Crippen molar-refractivity contribution in [3.8, 4) is 0 Å². The minimum atomic E-state index is -0.0687. The Bertz CT molecular complexity index is 517. The summed E-state index contributed by atoms with van der Waals surface area (Å²) >= 11 is 0. The molecule has 114 valence electrons. The van der Waals surface area contributed by atoms with Crippen LogP contribution < -0.4 is 11.1 Å². The lowest BCUT2D eigenvalue weighted by atomic mass is 9.83. The number of amidine groups is 1. The number of rotatable bonds is 5. The third-order valence-corrected chi connectivity index (χ3v) is 4.59. The van der Waals surface area contributed by atoms with Crippen LogP contribution >= 0.6 is 0 Å². The average Bonchev–Trinajstić information content (AvgIpc) is 3.01. The summed E-state index contributed by atoms with van der Waals surface area (Å²) in [7, 11) is 0. The number of nitrogens with one attached hydrogen (secondary N) is 1. The second kappa shape index (κ2) is 6.61. The maximum absolute atomic E-state index is 12.2. The van der Waals surface area contributed by atoms with Crippen molar-refractivity contribution in [1.29, 1.82) is 0 Å². The number of hydrogen-bond acceptors (Lipinski definition) is 3. The molecular weight excluding hydrogens is 266 g/mol. The van der Waals surface area contributed by atoms with Gasteiger partial charge in [0.2, 0.25) is 0 Å². The predicted octanol–water partition coefficient (Wildman–Crippen LogP) is 2.48. The molecule has 0 radical (unpaired) electrons. The van der Waals surface area contributed by atoms with Gasteiger partial charge in [-0.1, -0.05) is 37.1 Å². The van der Waals surface area contributed by atoms with E-state index in [0.717, 1.165) is 13.0 Å². The monoisotopic (exact) mass is 289 g/mol. The third kappa shape index (κ3) is 3.54. The molecule has 1 saturated carbocycles. The normalized spacial score (nSPS) is 17.7. The molecule has 1 amide bonds. The first kappa shape index (κ1) is 15.4. The van der Waals surface area contributed by atoms with Gasteiger partial charge in [0.15, 0.2) is 5.84 Å². The Hall–Kier alpha value is -2.04. The van der Waals surface area contributed by atoms with E-state index < -0.39 is 0 Å². The second-order valence-electron chi connectivity index (χ2n) is 5.81. The van der Waals surface area contributed by atoms with Gasteiger partial charge in [-0.25, -0.2) is 0 Å². The molecule has 0 spiro atoms. The fourth-order valence-corrected chi connectivity index (χ4v) is 3.00. The first-order valence-electron chi connectivity index (χ1n) is 7.46. The maximum atomic E-state index is 12.2. The quantitative estimate of drug-likeness (QED) is 0.337. The van der Waals surface area contributed by atoms with E-state index in [2.05, 4.69) is 17.4 Å². The molecule has 1 fully saturated rings. The van der Waals surface area contributed by atoms with Crippen molar-refractivity contribution in [2.24, 2.45) is 16.3 Å². The van der Waals surface area contributed by atoms with Gasteiger partial charge < -0.3 is 16.3 Å². The van der Waals surface area contributed by atoms with E-state index >= 15 is 0 Å². The van der Waals surface area contributed by atoms with Crippen LogP contribution in [0.15, 0.2) is 29.4 Å². The number of oxime groups is 1. The Labute approximate surface area is 125 Å². The van der Waals surface area contributed by atoms with Gasteiger partial charge in [-0.3, -0.25) is 4.79 Å². The van der Waals surface area contributed by atoms with E-state index in [1.165, 1.54) is 25.7 Å². The minimum Gasteiger partial charge on any atom is -0.409 e. The lowest BCUT2D eigenvalue weighted by Gasteiger charge is -2.27. The number of nitrogens with two attached hydrogens (primary N) is 1. The van der Waals surface area contributed by atoms with Crippen LogP contribution in [0.3, 0.4) is 0 Å². The highest BCUT2D eigenvalue weighted by molar-refractivity contribution is 5.99. The highest BCUT2D eigenvalue weighted by Crippen LogP contribution is 2.40. The van der Waals surface area contributed by atoms with Crippen LogP contribution in [-0.4, -0.2) is 23.5 Å². The molecule has 0 aliphatic heterocycles. The molecule has 4 N–H and O–H groups in total. The summed E-state index contributed by atoms with van der Waals surface area (Å²) in [6.45, 7) is 2.94. The Morgan fingerprint density at radius 2 is 1.86 bits per heavy atom. The fourth-order valence-electron chi connectivity index (χ4n) is 3.00. The number of amides is 1. The SMILES string of the molecule is CCC1(CNC(=O)c2ccc(/C(N)=N/O)cc2)CCCC1. The van der Waals surface area contributed by atoms with Crippen molar-refractivity contribution >= 4 is 11.7 Å². The molecule has 2 rings (SSSR count). The molecular formula is C16H23N3O2. The Morgan fingerprint density at radius 3 is 2.38 bits per heavy atom. The Kier molecular flexibility index (Phi) is 4.83. The number of hydrogen-bond donors (Lipinski definition) is 3. The molecule has 0 aromatic heterocycles. The van der Waals surface area contributed by atoms with Gasteiger partial charge in [0.1, 0.15) is 0 Å². The molecule has 5 heteroatoms. The Morgan fingerprint density at radius 1 is 1.29 bits per heavy atom. The second-order valence-corrected chi connectivity index (χ2v) is 5.81. The molecule has 0 bridgehead atoms. The van der Waals surface area contributed by atoms with E-state index in [-0.39, 0.29) is 17.2 Å². The molecule has 1 aliphatic carbocycles. The number of nitrogens with zero attached hydrogens (tertiary/aromatic N) is 1. The molecule has 0 heterocycles. The van der Waals surface area contributed by atoms with Gasteiger partial charge in [0.05, 0.1) is 0 Å². The molecule has 1 aromatic carbocycles. The number of benzene rings is 1. The molecule has 5 nitrogen and oxygen atoms in total. The van der Waals surface area contributed by atoms with Gasteiger partial charge >= 0.3 is 0 Å². The van der Waals surface area contributed by atoms with Gasteiger partial charge in [0, 0.05) is 17.7 Å². The van der Waals surface area contributed by atoms with Crippen LogP contribution in [0, 0.1) is 5.41 Å². The minimum absolute atomic E-state index is 0.0397. The third-order valence-electron chi connectivity index (χ3n) is 4.59. The predicted molar refractivity (Wildman–Crippen MR) is 82.5 cm³/mol. The highest BCUT2D eigenvalue weighted by atomic mass is 16.4. The van der Waals surface area contributed by atoms with Gasteiger partial charge in [-0.2, -0.15) is 0 Å². The lowest BCUT2D eigenvalue weighted by Crippen LogP contribution is -2.35. The van der Waals surface area contributed by atoms with E-state index in [1.807, 2.05) is 0 Å². The zero-order chi connectivity index (χ0) is 15.3. The van der Waals surface area contributed by atoms with E-state index in [1.54, 1.807) is 24.3 Å². The lowest BCUT2D eigenvalue weighted by molar-refractivity contribution is 0.0929. The van der Waals surface area contributed by atoms with Crippen molar-refractivity contribution in [3.05, 3.63) is 35.4 Å². The van der Waals surface area contributed by atoms with Gasteiger partial charge in [-0.05, 0) is 36.8 Å². The first-order valence-corrected chi connectivity index (χ1v) is 7.46. The molecule has 0 atom stereocenters. The van der Waals surface area contributed by atoms with Crippen LogP contribution in [0.1, 0.15) is 54.9 Å². The summed E-state index contributed by atoms with van der Waals surface area (Å²) in [5.41, 5.74) is 6.96. The maximum Gasteiger partial charge on any atom is 0.251 e. The largest absolute Gasteiger partial charge is 0.409 e. The van der Waals surface area contributed by atoms with Gasteiger partial charge in [0.25, 0.3) is 5.91 Å². The van der Waals surface area contributed by atoms with Crippen molar-refractivity contribution in [2.75, 3.05) is 6.54 Å². The van der Waals surface area contributed by atoms with E-state index in [0.29, 0.717) is 11.1 Å². The molecule has 1 aliphatic rings. The summed E-state index contributed by atoms with van der Waals surface area (Å²) < 4.78 is 0. The summed E-state index contributed by atoms with van der Waals surface area (Å²) in [6.07, 6.45) is 6.03. The van der Waals surface area contributed by atoms with E-state index in [9.17, 15) is 4.79 Å². The molecule has 21 heavy (non-hydrogen) atoms. The van der Waals surface area contributed by atoms with Crippen LogP contribution in [0.25, 0.3) is 0 Å². The summed E-state index contributed by atoms with van der Waals surface area (Å²) in [6, 6.07) is 6.73. The number of carbonyl (C=O) groups is 1. The van der Waals surface area contributed by atoms with Crippen molar-refractivity contribution in [1.82, 2.24) is 5.32 Å². The molecule has 0 saturated heterocycles. The van der Waals surface area contributed by atoms with Crippen molar-refractivity contribution < 1.29 is 10.0 Å². The zero-order valence-corrected chi connectivity index (χ0v) is 12.4. The van der Waals surface area contributed by atoms with E-state index in [4.69, 9.17) is 10.9 Å². The summed E-state index contributed by atoms with van der Waals surface area (Å²) in [4.78, 5) is 12.2. The molecule has 1 aromatic rings. The number of carbonyl (C=O) groups excluding carboxylic acids is 1. The Balaban J connectivity index is 1.97. The van der Waals surface area contributed by atoms with Crippen LogP contribution in [0.5, 0.6) is 0 Å². The zero-order valence-electron chi connectivity index (χ0n) is 12.4. The average molecular weight is 289 g/mol. The van der Waals surface area contributed by atoms with Crippen LogP contribution in [0.4, 0.5) is 0 Å². The van der Waals surface area contributed by atoms with Crippen LogP contribution in [0.2, 0.25) is 0 Å². The highest BCUT2D eigenvalue weighted by Gasteiger charge is 2.32. The standard InChI is InChI=1S/C16H23N3O2/c1-2-16(9-3-4-10-16)11-18-15(20)13-7-5-12(6-8-13)14(17)19-21/h5-8,21H,2-4,9-11H2,1H3,(H2,17,19)(H,18,20). The summed E-state index contributed by atoms with van der Waals surface area (Å²) in [5.74, 6) is -0.0290. The molecule has 0 unspecified atom stereocenters. The van der Waals surface area contributed by atoms with Crippen LogP contribution in [-0.2, 0) is 0 Å². The topological polar surface area (TPSA) is 87.7 Å².